The Bertz CT molecular complexity index is 234. The van der Waals surface area contributed by atoms with E-state index in [2.05, 4.69) is 13.8 Å². The van der Waals surface area contributed by atoms with E-state index in [1.165, 1.54) is 0 Å². The quantitative estimate of drug-likeness (QED) is 0.752. The Morgan fingerprint density at radius 2 is 2.13 bits per heavy atom. The van der Waals surface area contributed by atoms with Crippen LogP contribution in [0.15, 0.2) is 0 Å². The molecule has 1 rings (SSSR count). The van der Waals surface area contributed by atoms with Crippen molar-refractivity contribution in [2.45, 2.75) is 45.6 Å². The Hall–Kier alpha value is -0.570. The Morgan fingerprint density at radius 3 is 2.53 bits per heavy atom. The minimum atomic E-state index is -0.637. The van der Waals surface area contributed by atoms with Crippen LogP contribution in [-0.2, 0) is 4.79 Å². The lowest BCUT2D eigenvalue weighted by Gasteiger charge is -2.30. The van der Waals surface area contributed by atoms with Gasteiger partial charge in [0.1, 0.15) is 0 Å². The predicted molar refractivity (Wildman–Crippen MR) is 62.4 cm³/mol. The maximum absolute atomic E-state index is 12.1. The van der Waals surface area contributed by atoms with Crippen molar-refractivity contribution in [2.24, 2.45) is 17.6 Å². The van der Waals surface area contributed by atoms with Gasteiger partial charge < -0.3 is 10.6 Å². The molecule has 1 fully saturated rings. The van der Waals surface area contributed by atoms with Crippen LogP contribution in [0.4, 0.5) is 0 Å². The first-order chi connectivity index (χ1) is 6.89. The van der Waals surface area contributed by atoms with Crippen molar-refractivity contribution in [2.75, 3.05) is 13.6 Å². The number of likely N-dealkylation sites (N-methyl/N-ethyl adjacent to an activating group) is 1. The highest BCUT2D eigenvalue weighted by molar-refractivity contribution is 5.86. The van der Waals surface area contributed by atoms with Gasteiger partial charge in [-0.3, -0.25) is 4.79 Å². The molecule has 2 unspecified atom stereocenters. The molecule has 0 radical (unpaired) electrons. The fourth-order valence-corrected chi connectivity index (χ4v) is 1.95. The van der Waals surface area contributed by atoms with E-state index >= 15 is 0 Å². The van der Waals surface area contributed by atoms with Crippen LogP contribution in [0.25, 0.3) is 0 Å². The summed E-state index contributed by atoms with van der Waals surface area (Å²) in [5.41, 5.74) is 5.46. The third kappa shape index (κ3) is 2.94. The zero-order valence-electron chi connectivity index (χ0n) is 10.4. The Kier molecular flexibility index (Phi) is 3.77. The van der Waals surface area contributed by atoms with E-state index in [9.17, 15) is 4.79 Å². The van der Waals surface area contributed by atoms with Crippen LogP contribution < -0.4 is 5.73 Å². The maximum Gasteiger partial charge on any atom is 0.242 e. The van der Waals surface area contributed by atoms with E-state index in [0.29, 0.717) is 11.8 Å². The number of amides is 1. The second-order valence-corrected chi connectivity index (χ2v) is 5.26. The van der Waals surface area contributed by atoms with Gasteiger partial charge in [0.2, 0.25) is 5.91 Å². The minimum absolute atomic E-state index is 0.102. The summed E-state index contributed by atoms with van der Waals surface area (Å²) in [6, 6.07) is 0. The van der Waals surface area contributed by atoms with Gasteiger partial charge in [-0.1, -0.05) is 20.3 Å². The summed E-state index contributed by atoms with van der Waals surface area (Å²) in [4.78, 5) is 13.9. The van der Waals surface area contributed by atoms with Crippen molar-refractivity contribution in [1.29, 1.82) is 0 Å². The van der Waals surface area contributed by atoms with Crippen molar-refractivity contribution in [3.8, 4) is 0 Å². The molecular formula is C12H24N2O. The summed E-state index contributed by atoms with van der Waals surface area (Å²) in [6.45, 7) is 7.00. The van der Waals surface area contributed by atoms with E-state index in [-0.39, 0.29) is 5.91 Å². The molecule has 0 aromatic heterocycles. The van der Waals surface area contributed by atoms with Crippen molar-refractivity contribution >= 4 is 5.91 Å². The molecule has 3 heteroatoms. The van der Waals surface area contributed by atoms with Crippen molar-refractivity contribution in [1.82, 2.24) is 4.90 Å². The molecule has 0 spiro atoms. The van der Waals surface area contributed by atoms with Crippen LogP contribution in [0.1, 0.15) is 40.0 Å². The van der Waals surface area contributed by atoms with Crippen LogP contribution in [0.3, 0.4) is 0 Å². The molecule has 2 N–H and O–H groups in total. The SMILES string of the molecule is CCC(C)CN(C)C(=O)C(C)(N)C1CC1. The van der Waals surface area contributed by atoms with Gasteiger partial charge in [0, 0.05) is 13.6 Å². The average molecular weight is 212 g/mol. The Labute approximate surface area is 93.0 Å². The zero-order chi connectivity index (χ0) is 11.6. The molecule has 3 nitrogen and oxygen atoms in total. The van der Waals surface area contributed by atoms with Gasteiger partial charge in [-0.05, 0) is 31.6 Å². The Morgan fingerprint density at radius 1 is 1.60 bits per heavy atom. The normalized spacial score (nSPS) is 21.9. The molecule has 15 heavy (non-hydrogen) atoms. The average Bonchev–Trinajstić information content (AvgIpc) is 2.99. The van der Waals surface area contributed by atoms with Gasteiger partial charge >= 0.3 is 0 Å². The van der Waals surface area contributed by atoms with E-state index < -0.39 is 5.54 Å². The van der Waals surface area contributed by atoms with Gasteiger partial charge in [-0.25, -0.2) is 0 Å². The molecule has 0 aromatic rings. The predicted octanol–water partition coefficient (Wildman–Crippen LogP) is 1.62. The maximum atomic E-state index is 12.1. The number of hydrogen-bond acceptors (Lipinski definition) is 2. The van der Waals surface area contributed by atoms with Gasteiger partial charge in [0.05, 0.1) is 5.54 Å². The minimum Gasteiger partial charge on any atom is -0.344 e. The number of nitrogens with zero attached hydrogens (tertiary/aromatic N) is 1. The molecule has 0 bridgehead atoms. The molecule has 0 aromatic carbocycles. The molecule has 0 heterocycles. The number of carbonyl (C=O) groups excluding carboxylic acids is 1. The van der Waals surface area contributed by atoms with Crippen molar-refractivity contribution in [3.05, 3.63) is 0 Å². The molecule has 1 aliphatic carbocycles. The monoisotopic (exact) mass is 212 g/mol. The molecule has 0 aliphatic heterocycles. The lowest BCUT2D eigenvalue weighted by atomic mass is 9.95. The zero-order valence-corrected chi connectivity index (χ0v) is 10.4. The highest BCUT2D eigenvalue weighted by Gasteiger charge is 2.45. The van der Waals surface area contributed by atoms with E-state index in [1.807, 2.05) is 14.0 Å². The number of rotatable bonds is 5. The first-order valence-corrected chi connectivity index (χ1v) is 5.94. The number of hydrogen-bond donors (Lipinski definition) is 1. The lowest BCUT2D eigenvalue weighted by molar-refractivity contribution is -0.136. The van der Waals surface area contributed by atoms with Gasteiger partial charge in [-0.2, -0.15) is 0 Å². The number of nitrogens with two attached hydrogens (primary N) is 1. The standard InChI is InChI=1S/C12H24N2O/c1-5-9(2)8-14(4)11(15)12(3,13)10-6-7-10/h9-10H,5-8,13H2,1-4H3. The van der Waals surface area contributed by atoms with Crippen molar-refractivity contribution < 1.29 is 4.79 Å². The second-order valence-electron chi connectivity index (χ2n) is 5.26. The van der Waals surface area contributed by atoms with Crippen LogP contribution in [-0.4, -0.2) is 29.9 Å². The second kappa shape index (κ2) is 4.52. The van der Waals surface area contributed by atoms with Crippen LogP contribution in [0.5, 0.6) is 0 Å². The van der Waals surface area contributed by atoms with E-state index in [0.717, 1.165) is 25.8 Å². The largest absolute Gasteiger partial charge is 0.344 e. The van der Waals surface area contributed by atoms with Crippen molar-refractivity contribution in [3.63, 3.8) is 0 Å². The summed E-state index contributed by atoms with van der Waals surface area (Å²) in [5, 5.41) is 0. The van der Waals surface area contributed by atoms with Crippen LogP contribution >= 0.6 is 0 Å². The van der Waals surface area contributed by atoms with E-state index in [4.69, 9.17) is 5.73 Å². The summed E-state index contributed by atoms with van der Waals surface area (Å²) in [5.74, 6) is 1.06. The van der Waals surface area contributed by atoms with Gasteiger partial charge in [0.25, 0.3) is 0 Å². The highest BCUT2D eigenvalue weighted by Crippen LogP contribution is 2.38. The third-order valence-corrected chi connectivity index (χ3v) is 3.52. The molecule has 0 saturated heterocycles. The summed E-state index contributed by atoms with van der Waals surface area (Å²) >= 11 is 0. The van der Waals surface area contributed by atoms with Crippen LogP contribution in [0, 0.1) is 11.8 Å². The molecule has 2 atom stereocenters. The van der Waals surface area contributed by atoms with Gasteiger partial charge in [0.15, 0.2) is 0 Å². The smallest absolute Gasteiger partial charge is 0.242 e. The first kappa shape index (κ1) is 12.5. The molecule has 1 aliphatic rings. The fourth-order valence-electron chi connectivity index (χ4n) is 1.95. The number of carbonyl (C=O) groups is 1. The summed E-state index contributed by atoms with van der Waals surface area (Å²) in [6.07, 6.45) is 3.31. The Balaban J connectivity index is 2.51. The van der Waals surface area contributed by atoms with E-state index in [1.54, 1.807) is 4.90 Å². The molecular weight excluding hydrogens is 188 g/mol. The van der Waals surface area contributed by atoms with Crippen LogP contribution in [0.2, 0.25) is 0 Å². The first-order valence-electron chi connectivity index (χ1n) is 5.94. The third-order valence-electron chi connectivity index (χ3n) is 3.52. The summed E-state index contributed by atoms with van der Waals surface area (Å²) in [7, 11) is 1.86. The summed E-state index contributed by atoms with van der Waals surface area (Å²) < 4.78 is 0. The molecule has 1 amide bonds. The topological polar surface area (TPSA) is 46.3 Å². The fraction of sp³-hybridized carbons (Fsp3) is 0.917. The van der Waals surface area contributed by atoms with Gasteiger partial charge in [-0.15, -0.1) is 0 Å². The molecule has 1 saturated carbocycles. The molecule has 88 valence electrons. The lowest BCUT2D eigenvalue weighted by Crippen LogP contribution is -2.54. The highest BCUT2D eigenvalue weighted by atomic mass is 16.2.